The van der Waals surface area contributed by atoms with Gasteiger partial charge in [-0.05, 0) is 49.4 Å². The third kappa shape index (κ3) is 65.1. The molecule has 540 valence electrons. The van der Waals surface area contributed by atoms with Crippen molar-refractivity contribution in [1.82, 2.24) is 0 Å². The molecule has 0 saturated heterocycles. The van der Waals surface area contributed by atoms with Crippen LogP contribution in [0.1, 0.15) is 357 Å². The summed E-state index contributed by atoms with van der Waals surface area (Å²) in [4.78, 5) is 72.6. The molecule has 91 heavy (non-hydrogen) atoms. The molecule has 0 aromatic heterocycles. The molecule has 0 spiro atoms. The molecule has 0 aromatic rings. The molecule has 0 aliphatic carbocycles. The predicted molar refractivity (Wildman–Crippen MR) is 367 cm³/mol. The Kier molecular flexibility index (Phi) is 60.3. The Labute approximate surface area is 556 Å². The van der Waals surface area contributed by atoms with Crippen molar-refractivity contribution in [2.75, 3.05) is 39.6 Å². The largest absolute Gasteiger partial charge is 0.472 e. The van der Waals surface area contributed by atoms with E-state index in [-0.39, 0.29) is 25.7 Å². The van der Waals surface area contributed by atoms with Crippen LogP contribution >= 0.6 is 15.6 Å². The van der Waals surface area contributed by atoms with Crippen LogP contribution in [0, 0.1) is 23.7 Å². The quantitative estimate of drug-likeness (QED) is 0.0222. The van der Waals surface area contributed by atoms with E-state index in [9.17, 15) is 43.2 Å². The van der Waals surface area contributed by atoms with E-state index >= 15 is 0 Å². The molecule has 0 fully saturated rings. The summed E-state index contributed by atoms with van der Waals surface area (Å²) in [5.41, 5.74) is 0. The van der Waals surface area contributed by atoms with Gasteiger partial charge in [-0.15, -0.1) is 0 Å². The highest BCUT2D eigenvalue weighted by Crippen LogP contribution is 2.45. The molecule has 0 radical (unpaired) electrons. The van der Waals surface area contributed by atoms with E-state index in [2.05, 4.69) is 55.4 Å². The standard InChI is InChI=1S/C72H140O17P2/c1-9-65(8)51-43-35-27-18-15-16-19-28-36-44-52-69(74)82-58-67(88-71(76)54-46-38-30-20-14-12-10-11-13-17-24-32-40-48-62(2)3)60-86-90(78,79)84-56-66(73)57-85-91(80,81)87-61-68(89-72(77)55-47-39-31-23-26-34-42-50-64(6)7)59-83-70(75)53-45-37-29-22-21-25-33-41-49-63(4)5/h62-68,73H,9-61H2,1-8H3,(H,78,79)(H,80,81)/t65?,66?,67-,68-/m1/s1. The van der Waals surface area contributed by atoms with E-state index in [4.69, 9.17) is 37.0 Å². The Hall–Kier alpha value is -1.94. The molecule has 0 rings (SSSR count). The van der Waals surface area contributed by atoms with Crippen molar-refractivity contribution in [2.45, 2.75) is 375 Å². The van der Waals surface area contributed by atoms with Crippen LogP contribution in [0.4, 0.5) is 0 Å². The number of phosphoric acid groups is 2. The monoisotopic (exact) mass is 1340 g/mol. The van der Waals surface area contributed by atoms with Gasteiger partial charge in [0.25, 0.3) is 0 Å². The second-order valence-corrected chi connectivity index (χ2v) is 30.6. The van der Waals surface area contributed by atoms with Crippen LogP contribution in [-0.4, -0.2) is 96.7 Å². The van der Waals surface area contributed by atoms with Gasteiger partial charge in [0.1, 0.15) is 19.3 Å². The average molecular weight is 1340 g/mol. The van der Waals surface area contributed by atoms with Crippen molar-refractivity contribution in [1.29, 1.82) is 0 Å². The van der Waals surface area contributed by atoms with E-state index in [0.29, 0.717) is 31.6 Å². The van der Waals surface area contributed by atoms with Crippen molar-refractivity contribution in [3.63, 3.8) is 0 Å². The van der Waals surface area contributed by atoms with Gasteiger partial charge in [-0.25, -0.2) is 9.13 Å². The van der Waals surface area contributed by atoms with Crippen LogP contribution < -0.4 is 0 Å². The number of aliphatic hydroxyl groups excluding tert-OH is 1. The van der Waals surface area contributed by atoms with Crippen molar-refractivity contribution in [3.8, 4) is 0 Å². The van der Waals surface area contributed by atoms with E-state index in [1.54, 1.807) is 0 Å². The lowest BCUT2D eigenvalue weighted by molar-refractivity contribution is -0.161. The lowest BCUT2D eigenvalue weighted by Gasteiger charge is -2.21. The second-order valence-electron chi connectivity index (χ2n) is 27.6. The lowest BCUT2D eigenvalue weighted by Crippen LogP contribution is -2.30. The van der Waals surface area contributed by atoms with Crippen molar-refractivity contribution in [3.05, 3.63) is 0 Å². The smallest absolute Gasteiger partial charge is 0.462 e. The van der Waals surface area contributed by atoms with Crippen LogP contribution in [0.3, 0.4) is 0 Å². The summed E-state index contributed by atoms with van der Waals surface area (Å²) in [7, 11) is -9.91. The first-order chi connectivity index (χ1) is 43.6. The van der Waals surface area contributed by atoms with Gasteiger partial charge in [0.05, 0.1) is 26.4 Å². The molecule has 0 aliphatic rings. The Morgan fingerprint density at radius 3 is 0.780 bits per heavy atom. The highest BCUT2D eigenvalue weighted by molar-refractivity contribution is 7.47. The first-order valence-electron chi connectivity index (χ1n) is 37.2. The third-order valence-corrected chi connectivity index (χ3v) is 18.8. The summed E-state index contributed by atoms with van der Waals surface area (Å²) in [6.07, 6.45) is 44.5. The molecule has 0 heterocycles. The maximum Gasteiger partial charge on any atom is 0.472 e. The predicted octanol–water partition coefficient (Wildman–Crippen LogP) is 20.5. The second kappa shape index (κ2) is 61.6. The number of esters is 4. The average Bonchev–Trinajstić information content (AvgIpc) is 3.52. The minimum absolute atomic E-state index is 0.102. The summed E-state index contributed by atoms with van der Waals surface area (Å²) < 4.78 is 68.3. The highest BCUT2D eigenvalue weighted by Gasteiger charge is 2.30. The summed E-state index contributed by atoms with van der Waals surface area (Å²) >= 11 is 0. The zero-order valence-corrected chi connectivity index (χ0v) is 61.3. The Bertz CT molecular complexity index is 1800. The Morgan fingerprint density at radius 2 is 0.527 bits per heavy atom. The Morgan fingerprint density at radius 1 is 0.308 bits per heavy atom. The SMILES string of the molecule is CCC(C)CCCCCCCCCCCCC(=O)OC[C@H](COP(=O)(O)OCC(O)COP(=O)(O)OC[C@@H](COC(=O)CCCCCCCCCCC(C)C)OC(=O)CCCCCCCCCC(C)C)OC(=O)CCCCCCCCCCCCCCCC(C)C. The number of rotatable bonds is 69. The molecule has 0 aliphatic heterocycles. The number of carbonyl (C=O) groups excluding carboxylic acids is 4. The molecule has 17 nitrogen and oxygen atoms in total. The number of carbonyl (C=O) groups is 4. The minimum Gasteiger partial charge on any atom is -0.462 e. The van der Waals surface area contributed by atoms with E-state index in [1.807, 2.05) is 0 Å². The maximum absolute atomic E-state index is 13.0. The zero-order chi connectivity index (χ0) is 67.5. The van der Waals surface area contributed by atoms with Crippen LogP contribution in [0.25, 0.3) is 0 Å². The number of unbranched alkanes of at least 4 members (excludes halogenated alkanes) is 34. The van der Waals surface area contributed by atoms with E-state index in [0.717, 1.165) is 108 Å². The van der Waals surface area contributed by atoms with Gasteiger partial charge >= 0.3 is 39.5 Å². The summed E-state index contributed by atoms with van der Waals surface area (Å²) in [6.45, 7) is 14.1. The summed E-state index contributed by atoms with van der Waals surface area (Å²) in [6, 6.07) is 0. The van der Waals surface area contributed by atoms with Crippen LogP contribution in [-0.2, 0) is 65.4 Å². The molecule has 0 aromatic carbocycles. The first-order valence-corrected chi connectivity index (χ1v) is 40.2. The minimum atomic E-state index is -4.95. The normalized spacial score (nSPS) is 14.5. The third-order valence-electron chi connectivity index (χ3n) is 16.9. The molecular weight excluding hydrogens is 1200 g/mol. The van der Waals surface area contributed by atoms with E-state index < -0.39 is 97.5 Å². The number of hydrogen-bond acceptors (Lipinski definition) is 15. The van der Waals surface area contributed by atoms with Crippen LogP contribution in [0.15, 0.2) is 0 Å². The fourth-order valence-corrected chi connectivity index (χ4v) is 12.4. The zero-order valence-electron chi connectivity index (χ0n) is 59.5. The molecular formula is C72H140O17P2. The van der Waals surface area contributed by atoms with Crippen LogP contribution in [0.2, 0.25) is 0 Å². The van der Waals surface area contributed by atoms with Gasteiger partial charge < -0.3 is 33.8 Å². The summed E-state index contributed by atoms with van der Waals surface area (Å²) in [5, 5.41) is 10.6. The van der Waals surface area contributed by atoms with Crippen molar-refractivity contribution < 1.29 is 80.2 Å². The van der Waals surface area contributed by atoms with Gasteiger partial charge in [-0.3, -0.25) is 37.3 Å². The summed E-state index contributed by atoms with van der Waals surface area (Å²) in [5.74, 6) is 0.890. The lowest BCUT2D eigenvalue weighted by atomic mass is 9.99. The fourth-order valence-electron chi connectivity index (χ4n) is 10.8. The molecule has 4 unspecified atom stereocenters. The van der Waals surface area contributed by atoms with Gasteiger partial charge in [0.2, 0.25) is 0 Å². The maximum atomic E-state index is 13.0. The molecule has 0 amide bonds. The Balaban J connectivity index is 5.25. The van der Waals surface area contributed by atoms with E-state index in [1.165, 1.54) is 161 Å². The van der Waals surface area contributed by atoms with Crippen molar-refractivity contribution >= 4 is 39.5 Å². The fraction of sp³-hybridized carbons (Fsp3) is 0.944. The molecule has 6 atom stereocenters. The molecule has 3 N–H and O–H groups in total. The highest BCUT2D eigenvalue weighted by atomic mass is 31.2. The molecule has 19 heteroatoms. The van der Waals surface area contributed by atoms with Gasteiger partial charge in [-0.2, -0.15) is 0 Å². The number of ether oxygens (including phenoxy) is 4. The van der Waals surface area contributed by atoms with Crippen LogP contribution in [0.5, 0.6) is 0 Å². The number of phosphoric ester groups is 2. The van der Waals surface area contributed by atoms with Gasteiger partial charge in [0.15, 0.2) is 12.2 Å². The molecule has 0 bridgehead atoms. The number of aliphatic hydroxyl groups is 1. The topological polar surface area (TPSA) is 237 Å². The van der Waals surface area contributed by atoms with Gasteiger partial charge in [0, 0.05) is 25.7 Å². The van der Waals surface area contributed by atoms with Gasteiger partial charge in [-0.1, -0.05) is 306 Å². The number of hydrogen-bond donors (Lipinski definition) is 3. The first kappa shape index (κ1) is 89.1. The molecule has 0 saturated carbocycles. The van der Waals surface area contributed by atoms with Crippen molar-refractivity contribution in [2.24, 2.45) is 23.7 Å².